The van der Waals surface area contributed by atoms with Gasteiger partial charge < -0.3 is 14.5 Å². The van der Waals surface area contributed by atoms with E-state index in [0.717, 1.165) is 62.5 Å². The topological polar surface area (TPSA) is 95.9 Å². The lowest BCUT2D eigenvalue weighted by Crippen LogP contribution is -2.52. The quantitative estimate of drug-likeness (QED) is 0.417. The van der Waals surface area contributed by atoms with E-state index in [-0.39, 0.29) is 24.2 Å². The van der Waals surface area contributed by atoms with Gasteiger partial charge in [0, 0.05) is 43.5 Å². The van der Waals surface area contributed by atoms with E-state index in [2.05, 4.69) is 14.9 Å². The number of nitrogens with zero attached hydrogens (tertiary/aromatic N) is 5. The van der Waals surface area contributed by atoms with Crippen molar-refractivity contribution in [1.82, 2.24) is 24.1 Å². The molecule has 242 valence electrons. The molecule has 1 aromatic heterocycles. The molecule has 4 heterocycles. The molecule has 0 saturated carbocycles. The second-order valence-electron chi connectivity index (χ2n) is 12.3. The highest BCUT2D eigenvalue weighted by molar-refractivity contribution is 7.88. The normalized spacial score (nSPS) is 23.0. The maximum absolute atomic E-state index is 13.5. The molecule has 1 unspecified atom stereocenters. The lowest BCUT2D eigenvalue weighted by Gasteiger charge is -2.43. The summed E-state index contributed by atoms with van der Waals surface area (Å²) >= 11 is 0. The van der Waals surface area contributed by atoms with E-state index in [1.165, 1.54) is 29.0 Å². The van der Waals surface area contributed by atoms with Gasteiger partial charge in [-0.05, 0) is 89.1 Å². The van der Waals surface area contributed by atoms with Crippen LogP contribution in [-0.4, -0.2) is 96.1 Å². The van der Waals surface area contributed by atoms with Gasteiger partial charge in [-0.1, -0.05) is 12.1 Å². The summed E-state index contributed by atoms with van der Waals surface area (Å²) in [6.45, 7) is 4.84. The minimum Gasteiger partial charge on any atom is -0.370 e. The molecule has 1 aromatic carbocycles. The smallest absolute Gasteiger partial charge is 0.370 e. The third-order valence-electron chi connectivity index (χ3n) is 9.59. The number of hydrogen-bond acceptors (Lipinski definition) is 7. The SMILES string of the molecule is Cc1c(CCC2CC[C@H](c3cccc(C(F)(F)F)c3)O2)ncnc1C(=O)N1CCC(N2CCC(N(C)S(C)(=O)=O)CC2)CC1. The zero-order valence-electron chi connectivity index (χ0n) is 25.6. The Morgan fingerprint density at radius 3 is 2.41 bits per heavy atom. The Morgan fingerprint density at radius 1 is 1.05 bits per heavy atom. The van der Waals surface area contributed by atoms with Crippen molar-refractivity contribution in [2.45, 2.75) is 88.8 Å². The van der Waals surface area contributed by atoms with Crippen molar-refractivity contribution in [3.05, 3.63) is 58.7 Å². The van der Waals surface area contributed by atoms with Crippen LogP contribution < -0.4 is 0 Å². The molecule has 5 rings (SSSR count). The van der Waals surface area contributed by atoms with Gasteiger partial charge in [0.25, 0.3) is 5.91 Å². The number of amides is 1. The minimum atomic E-state index is -4.39. The number of aromatic nitrogens is 2. The summed E-state index contributed by atoms with van der Waals surface area (Å²) < 4.78 is 70.8. The fourth-order valence-electron chi connectivity index (χ4n) is 6.80. The van der Waals surface area contributed by atoms with Gasteiger partial charge in [0.05, 0.1) is 24.0 Å². The number of hydrogen-bond donors (Lipinski definition) is 0. The van der Waals surface area contributed by atoms with Crippen LogP contribution in [0.15, 0.2) is 30.6 Å². The van der Waals surface area contributed by atoms with Gasteiger partial charge in [-0.3, -0.25) is 4.79 Å². The van der Waals surface area contributed by atoms with Crippen molar-refractivity contribution in [2.75, 3.05) is 39.5 Å². The molecule has 0 radical (unpaired) electrons. The number of benzene rings is 1. The molecule has 3 saturated heterocycles. The third kappa shape index (κ3) is 7.60. The Hall–Kier alpha value is -2.61. The number of likely N-dealkylation sites (tertiary alicyclic amines) is 2. The number of alkyl halides is 3. The molecule has 3 aliphatic rings. The molecule has 3 aliphatic heterocycles. The first-order valence-corrected chi connectivity index (χ1v) is 17.3. The molecule has 2 aromatic rings. The second-order valence-corrected chi connectivity index (χ2v) is 14.4. The largest absolute Gasteiger partial charge is 0.416 e. The summed E-state index contributed by atoms with van der Waals surface area (Å²) in [4.78, 5) is 26.6. The summed E-state index contributed by atoms with van der Waals surface area (Å²) in [5, 5.41) is 0. The maximum Gasteiger partial charge on any atom is 0.416 e. The van der Waals surface area contributed by atoms with Gasteiger partial charge in [-0.15, -0.1) is 0 Å². The lowest BCUT2D eigenvalue weighted by molar-refractivity contribution is -0.137. The van der Waals surface area contributed by atoms with Crippen LogP contribution in [0.5, 0.6) is 0 Å². The van der Waals surface area contributed by atoms with Crippen molar-refractivity contribution in [3.63, 3.8) is 0 Å². The van der Waals surface area contributed by atoms with Gasteiger partial charge in [-0.25, -0.2) is 22.7 Å². The van der Waals surface area contributed by atoms with Crippen LogP contribution >= 0.6 is 0 Å². The molecule has 0 N–H and O–H groups in total. The summed E-state index contributed by atoms with van der Waals surface area (Å²) in [5.74, 6) is -0.0974. The Kier molecular flexibility index (Phi) is 9.98. The standard InChI is InChI=1S/C31H42F3N5O4S/c1-21-27(9-7-26-8-10-28(43-26)22-5-4-6-23(19-22)31(32,33)34)35-20-36-29(21)30(40)39-17-13-25(14-18-39)38-15-11-24(12-16-38)37(2)44(3,41)42/h4-6,19-20,24-26,28H,7-18H2,1-3H3/t26?,28-/m1/s1. The van der Waals surface area contributed by atoms with Gasteiger partial charge in [0.1, 0.15) is 12.0 Å². The van der Waals surface area contributed by atoms with Crippen molar-refractivity contribution >= 4 is 15.9 Å². The van der Waals surface area contributed by atoms with Crippen LogP contribution in [0.4, 0.5) is 13.2 Å². The molecular formula is C31H42F3N5O4S. The molecule has 9 nitrogen and oxygen atoms in total. The Labute approximate surface area is 257 Å². The third-order valence-corrected chi connectivity index (χ3v) is 10.9. The van der Waals surface area contributed by atoms with Crippen molar-refractivity contribution in [2.24, 2.45) is 0 Å². The fourth-order valence-corrected chi connectivity index (χ4v) is 7.55. The Morgan fingerprint density at radius 2 is 1.75 bits per heavy atom. The Balaban J connectivity index is 1.11. The van der Waals surface area contributed by atoms with Crippen LogP contribution in [0.3, 0.4) is 0 Å². The first kappa shape index (κ1) is 32.8. The fraction of sp³-hybridized carbons (Fsp3) is 0.645. The molecule has 0 spiro atoms. The monoisotopic (exact) mass is 637 g/mol. The maximum atomic E-state index is 13.5. The zero-order chi connectivity index (χ0) is 31.6. The molecule has 13 heteroatoms. The van der Waals surface area contributed by atoms with Gasteiger partial charge >= 0.3 is 6.18 Å². The Bertz CT molecular complexity index is 1420. The number of ether oxygens (including phenoxy) is 1. The van der Waals surface area contributed by atoms with E-state index in [1.54, 1.807) is 13.1 Å². The van der Waals surface area contributed by atoms with E-state index >= 15 is 0 Å². The van der Waals surface area contributed by atoms with E-state index in [1.807, 2.05) is 11.8 Å². The van der Waals surface area contributed by atoms with Gasteiger partial charge in [0.2, 0.25) is 10.0 Å². The lowest BCUT2D eigenvalue weighted by atomic mass is 9.97. The molecule has 3 fully saturated rings. The van der Waals surface area contributed by atoms with E-state index in [9.17, 15) is 26.4 Å². The van der Waals surface area contributed by atoms with Crippen LogP contribution in [0, 0.1) is 6.92 Å². The molecular weight excluding hydrogens is 595 g/mol. The first-order valence-electron chi connectivity index (χ1n) is 15.4. The average molecular weight is 638 g/mol. The van der Waals surface area contributed by atoms with Crippen molar-refractivity contribution in [1.29, 1.82) is 0 Å². The summed E-state index contributed by atoms with van der Waals surface area (Å²) in [6.07, 6.45) is 3.82. The number of carbonyl (C=O) groups excluding carboxylic acids is 1. The van der Waals surface area contributed by atoms with E-state index in [0.29, 0.717) is 49.7 Å². The minimum absolute atomic E-state index is 0.0369. The number of carbonyl (C=O) groups is 1. The van der Waals surface area contributed by atoms with E-state index < -0.39 is 21.8 Å². The molecule has 44 heavy (non-hydrogen) atoms. The highest BCUT2D eigenvalue weighted by atomic mass is 32.2. The number of piperidine rings is 2. The number of sulfonamides is 1. The van der Waals surface area contributed by atoms with Crippen LogP contribution in [0.1, 0.15) is 83.9 Å². The van der Waals surface area contributed by atoms with Crippen LogP contribution in [0.2, 0.25) is 0 Å². The van der Waals surface area contributed by atoms with E-state index in [4.69, 9.17) is 4.74 Å². The highest BCUT2D eigenvalue weighted by Crippen LogP contribution is 2.37. The number of aryl methyl sites for hydroxylation is 1. The highest BCUT2D eigenvalue weighted by Gasteiger charge is 2.35. The first-order chi connectivity index (χ1) is 20.8. The van der Waals surface area contributed by atoms with Gasteiger partial charge in [-0.2, -0.15) is 13.2 Å². The van der Waals surface area contributed by atoms with Crippen LogP contribution in [0.25, 0.3) is 0 Å². The second kappa shape index (κ2) is 13.4. The van der Waals surface area contributed by atoms with Crippen molar-refractivity contribution in [3.8, 4) is 0 Å². The predicted octanol–water partition coefficient (Wildman–Crippen LogP) is 4.62. The predicted molar refractivity (Wildman–Crippen MR) is 160 cm³/mol. The molecule has 1 amide bonds. The molecule has 0 aliphatic carbocycles. The summed E-state index contributed by atoms with van der Waals surface area (Å²) in [5.41, 5.74) is 1.82. The van der Waals surface area contributed by atoms with Gasteiger partial charge in [0.15, 0.2) is 0 Å². The van der Waals surface area contributed by atoms with Crippen LogP contribution in [-0.2, 0) is 27.4 Å². The number of halogens is 3. The molecule has 0 bridgehead atoms. The summed E-state index contributed by atoms with van der Waals surface area (Å²) in [7, 11) is -1.54. The average Bonchev–Trinajstić information content (AvgIpc) is 3.48. The zero-order valence-corrected chi connectivity index (χ0v) is 26.4. The van der Waals surface area contributed by atoms with Crippen molar-refractivity contribution < 1.29 is 31.1 Å². The summed E-state index contributed by atoms with van der Waals surface area (Å²) in [6, 6.07) is 5.76. The molecule has 2 atom stereocenters. The number of rotatable bonds is 8.